The number of hydrogen-bond acceptors (Lipinski definition) is 1. The molecule has 0 aliphatic rings. The van der Waals surface area contributed by atoms with Gasteiger partial charge in [-0.1, -0.05) is 0 Å². The van der Waals surface area contributed by atoms with E-state index < -0.39 is 104 Å². The summed E-state index contributed by atoms with van der Waals surface area (Å²) in [4.78, 5) is 0. The van der Waals surface area contributed by atoms with Crippen molar-refractivity contribution in [2.45, 2.75) is 13.8 Å². The highest BCUT2D eigenvalue weighted by atomic mass is 19.2. The van der Waals surface area contributed by atoms with Gasteiger partial charge in [-0.15, -0.1) is 0 Å². The maximum absolute atomic E-state index is 15.0. The summed E-state index contributed by atoms with van der Waals surface area (Å²) in [5, 5.41) is 0. The van der Waals surface area contributed by atoms with Crippen molar-refractivity contribution in [3.8, 4) is 5.75 Å². The largest absolute Gasteiger partial charge is 0.491 e. The van der Waals surface area contributed by atoms with Gasteiger partial charge in [0.25, 0.3) is 6.71 Å². The van der Waals surface area contributed by atoms with Crippen molar-refractivity contribution in [1.82, 2.24) is 0 Å². The van der Waals surface area contributed by atoms with E-state index >= 15 is 4.39 Å². The normalized spacial score (nSPS) is 11.2. The molecule has 3 aromatic carbocycles. The third-order valence-electron chi connectivity index (χ3n) is 5.27. The predicted molar refractivity (Wildman–Crippen MR) is 99.5 cm³/mol. The van der Waals surface area contributed by atoms with Crippen LogP contribution in [0.15, 0.2) is 6.07 Å². The van der Waals surface area contributed by atoms with Gasteiger partial charge in [-0.05, 0) is 13.8 Å². The lowest BCUT2D eigenvalue weighted by Crippen LogP contribution is -2.60. The summed E-state index contributed by atoms with van der Waals surface area (Å²) in [6.07, 6.45) is 0. The first kappa shape index (κ1) is 25.4. The van der Waals surface area contributed by atoms with Gasteiger partial charge in [0.2, 0.25) is 0 Å². The first-order chi connectivity index (χ1) is 15.8. The lowest BCUT2D eigenvalue weighted by atomic mass is 9.35. The third-order valence-corrected chi connectivity index (χ3v) is 5.27. The van der Waals surface area contributed by atoms with Crippen molar-refractivity contribution in [2.75, 3.05) is 7.11 Å². The van der Waals surface area contributed by atoms with Gasteiger partial charge in [0.05, 0.1) is 7.11 Å². The van der Waals surface area contributed by atoms with Crippen LogP contribution >= 0.6 is 0 Å². The maximum atomic E-state index is 15.0. The Morgan fingerprint density at radius 2 is 0.853 bits per heavy atom. The van der Waals surface area contributed by atoms with Crippen molar-refractivity contribution < 1.29 is 53.0 Å². The highest BCUT2D eigenvalue weighted by Gasteiger charge is 2.43. The molecule has 3 rings (SSSR count). The zero-order valence-corrected chi connectivity index (χ0v) is 17.2. The third kappa shape index (κ3) is 3.57. The molecule has 0 unspecified atom stereocenters. The summed E-state index contributed by atoms with van der Waals surface area (Å²) < 4.78 is 164. The van der Waals surface area contributed by atoms with E-state index in [4.69, 9.17) is 0 Å². The summed E-state index contributed by atoms with van der Waals surface area (Å²) in [5.74, 6) is -25.3. The Bertz CT molecular complexity index is 1210. The average Bonchev–Trinajstić information content (AvgIpc) is 2.78. The zero-order valence-electron chi connectivity index (χ0n) is 17.2. The molecule has 0 spiro atoms. The van der Waals surface area contributed by atoms with Crippen molar-refractivity contribution in [2.24, 2.45) is 0 Å². The Balaban J connectivity index is 2.65. The Morgan fingerprint density at radius 1 is 0.500 bits per heavy atom. The first-order valence-corrected chi connectivity index (χ1v) is 9.13. The van der Waals surface area contributed by atoms with Crippen molar-refractivity contribution >= 4 is 23.1 Å². The van der Waals surface area contributed by atoms with E-state index in [2.05, 4.69) is 4.74 Å². The molecule has 1 nitrogen and oxygen atoms in total. The van der Waals surface area contributed by atoms with Crippen LogP contribution < -0.4 is 21.1 Å². The molecule has 0 bridgehead atoms. The Morgan fingerprint density at radius 3 is 1.18 bits per heavy atom. The molecule has 180 valence electrons. The fraction of sp³-hybridized carbons (Fsp3) is 0.143. The summed E-state index contributed by atoms with van der Waals surface area (Å²) in [6.45, 7) is -2.07. The monoisotopic (exact) mass is 498 g/mol. The van der Waals surface area contributed by atoms with E-state index in [1.807, 2.05) is 0 Å². The second kappa shape index (κ2) is 8.84. The van der Waals surface area contributed by atoms with Gasteiger partial charge in [-0.3, -0.25) is 0 Å². The molecule has 13 heteroatoms. The summed E-state index contributed by atoms with van der Waals surface area (Å²) in [5.41, 5.74) is -8.38. The van der Waals surface area contributed by atoms with Gasteiger partial charge < -0.3 is 4.74 Å². The Kier molecular flexibility index (Phi) is 6.60. The van der Waals surface area contributed by atoms with Crippen LogP contribution in [0.1, 0.15) is 11.1 Å². The minimum absolute atomic E-state index is 0.127. The number of hydrogen-bond donors (Lipinski definition) is 0. The van der Waals surface area contributed by atoms with E-state index in [9.17, 15) is 43.9 Å². The van der Waals surface area contributed by atoms with E-state index in [1.165, 1.54) is 0 Å². The van der Waals surface area contributed by atoms with E-state index in [0.29, 0.717) is 21.0 Å². The molecule has 0 aromatic heterocycles. The molecule has 0 atom stereocenters. The summed E-state index contributed by atoms with van der Waals surface area (Å²) in [7, 11) is 0.664. The van der Waals surface area contributed by atoms with Crippen LogP contribution in [0, 0.1) is 77.8 Å². The van der Waals surface area contributed by atoms with Crippen molar-refractivity contribution in [1.29, 1.82) is 0 Å². The quantitative estimate of drug-likeness (QED) is 0.296. The van der Waals surface area contributed by atoms with E-state index in [-0.39, 0.29) is 6.07 Å². The molecule has 3 aromatic rings. The van der Waals surface area contributed by atoms with Crippen LogP contribution in [0.4, 0.5) is 48.3 Å². The molecule has 0 saturated carbocycles. The van der Waals surface area contributed by atoms with Crippen LogP contribution in [0.2, 0.25) is 0 Å². The molecule has 0 aliphatic heterocycles. The second-order valence-corrected chi connectivity index (χ2v) is 7.12. The van der Waals surface area contributed by atoms with Crippen LogP contribution in [-0.4, -0.2) is 13.8 Å². The first-order valence-electron chi connectivity index (χ1n) is 9.13. The minimum atomic E-state index is -3.22. The van der Waals surface area contributed by atoms with Crippen LogP contribution in [-0.2, 0) is 0 Å². The number of methoxy groups -OCH3 is 1. The van der Waals surface area contributed by atoms with Gasteiger partial charge in [-0.2, -0.15) is 0 Å². The molecule has 0 saturated heterocycles. The highest BCUT2D eigenvalue weighted by Crippen LogP contribution is 2.25. The van der Waals surface area contributed by atoms with E-state index in [1.54, 1.807) is 0 Å². The molecule has 0 amide bonds. The topological polar surface area (TPSA) is 9.23 Å². The zero-order chi connectivity index (χ0) is 25.8. The summed E-state index contributed by atoms with van der Waals surface area (Å²) in [6, 6.07) is -0.127. The van der Waals surface area contributed by atoms with Gasteiger partial charge in [0, 0.05) is 33.6 Å². The molecule has 0 radical (unpaired) electrons. The molecule has 0 aliphatic carbocycles. The minimum Gasteiger partial charge on any atom is -0.491 e. The number of halogens is 11. The molecule has 34 heavy (non-hydrogen) atoms. The van der Waals surface area contributed by atoms with Crippen LogP contribution in [0.5, 0.6) is 5.75 Å². The molecule has 0 N–H and O–H groups in total. The van der Waals surface area contributed by atoms with Crippen molar-refractivity contribution in [3.05, 3.63) is 81.2 Å². The predicted octanol–water partition coefficient (Wildman–Crippen LogP) is 4.36. The number of ether oxygens (including phenoxy) is 1. The fourth-order valence-electron chi connectivity index (χ4n) is 3.49. The second-order valence-electron chi connectivity index (χ2n) is 7.12. The van der Waals surface area contributed by atoms with E-state index in [0.717, 1.165) is 0 Å². The van der Waals surface area contributed by atoms with Crippen LogP contribution in [0.3, 0.4) is 0 Å². The SMILES string of the molecule is COc1c(F)cc(F)c(B(c2c(F)c(F)c(C)c(F)c2F)c2c(F)c(F)c(C)c(F)c2F)c1F. The smallest absolute Gasteiger partial charge is 0.264 e. The summed E-state index contributed by atoms with van der Waals surface area (Å²) >= 11 is 0. The average molecular weight is 498 g/mol. The standard InChI is InChI=1S/C21H10BF11O/c1-5-12(25)16(29)10(17(30)13(5)26)22(9-7(23)4-8(24)21(34-3)20(9)33)11-18(31)14(27)6(2)15(28)19(11)32/h4H,1-3H3. The number of rotatable bonds is 4. The molecule has 0 fully saturated rings. The molecular weight excluding hydrogens is 488 g/mol. The number of benzene rings is 3. The van der Waals surface area contributed by atoms with Gasteiger partial charge in [0.15, 0.2) is 63.9 Å². The lowest BCUT2D eigenvalue weighted by Gasteiger charge is -2.22. The Labute approximate surface area is 184 Å². The maximum Gasteiger partial charge on any atom is 0.264 e. The fourth-order valence-corrected chi connectivity index (χ4v) is 3.49. The van der Waals surface area contributed by atoms with Gasteiger partial charge >= 0.3 is 0 Å². The highest BCUT2D eigenvalue weighted by molar-refractivity contribution is 6.95. The molecule has 0 heterocycles. The van der Waals surface area contributed by atoms with Gasteiger partial charge in [-0.25, -0.2) is 48.3 Å². The van der Waals surface area contributed by atoms with Crippen LogP contribution in [0.25, 0.3) is 0 Å². The molecular formula is C21H10BF11O. The Hall–Kier alpha value is -3.25. The van der Waals surface area contributed by atoms with Gasteiger partial charge in [0.1, 0.15) is 5.82 Å². The van der Waals surface area contributed by atoms with Crippen molar-refractivity contribution in [3.63, 3.8) is 0 Å². The lowest BCUT2D eigenvalue weighted by molar-refractivity contribution is 0.358.